The summed E-state index contributed by atoms with van der Waals surface area (Å²) in [6, 6.07) is -0.505. The van der Waals surface area contributed by atoms with Crippen molar-refractivity contribution in [3.8, 4) is 0 Å². The van der Waals surface area contributed by atoms with Gasteiger partial charge in [-0.25, -0.2) is 9.97 Å². The van der Waals surface area contributed by atoms with Gasteiger partial charge in [0.1, 0.15) is 0 Å². The summed E-state index contributed by atoms with van der Waals surface area (Å²) < 4.78 is 35.3. The van der Waals surface area contributed by atoms with Gasteiger partial charge in [0.25, 0.3) is 0 Å². The number of nitrogens with zero attached hydrogens (tertiary/aromatic N) is 2. The van der Waals surface area contributed by atoms with Crippen LogP contribution in [-0.4, -0.2) is 9.97 Å². The highest BCUT2D eigenvalue weighted by molar-refractivity contribution is 5.15. The quantitative estimate of drug-likeness (QED) is 0.530. The van der Waals surface area contributed by atoms with Crippen LogP contribution in [0.2, 0.25) is 0 Å². The molecule has 1 heterocycles. The van der Waals surface area contributed by atoms with E-state index in [-0.39, 0.29) is 5.95 Å². The van der Waals surface area contributed by atoms with E-state index in [0.717, 1.165) is 0 Å². The molecule has 0 aliphatic heterocycles. The first-order valence-electron chi connectivity index (χ1n) is 4.43. The molecule has 0 bridgehead atoms. The van der Waals surface area contributed by atoms with Crippen LogP contribution in [0.15, 0.2) is 12.2 Å². The summed E-state index contributed by atoms with van der Waals surface area (Å²) in [6.07, 6.45) is -0.473. The van der Waals surface area contributed by atoms with Gasteiger partial charge in [0.05, 0.1) is 2.74 Å². The molecular formula is C5H7N3. The molecule has 8 heavy (non-hydrogen) atoms. The SMILES string of the molecule is [2H]c1nc(N)nc(C([2H])([2H])[2H])c1[2H]. The third kappa shape index (κ3) is 0.932. The van der Waals surface area contributed by atoms with Crippen molar-refractivity contribution in [2.75, 3.05) is 5.73 Å². The lowest BCUT2D eigenvalue weighted by Gasteiger charge is -1.89. The van der Waals surface area contributed by atoms with Crippen molar-refractivity contribution in [1.82, 2.24) is 9.97 Å². The lowest BCUT2D eigenvalue weighted by atomic mass is 10.5. The molecule has 0 aliphatic rings. The van der Waals surface area contributed by atoms with Crippen LogP contribution < -0.4 is 5.73 Å². The molecule has 0 saturated carbocycles. The highest BCUT2D eigenvalue weighted by Crippen LogP contribution is 1.91. The number of hydrogen-bond acceptors (Lipinski definition) is 3. The van der Waals surface area contributed by atoms with Crippen LogP contribution in [0.3, 0.4) is 0 Å². The second kappa shape index (κ2) is 1.78. The Hall–Kier alpha value is -1.12. The van der Waals surface area contributed by atoms with Crippen molar-refractivity contribution in [3.05, 3.63) is 17.9 Å². The van der Waals surface area contributed by atoms with Gasteiger partial charge in [0.15, 0.2) is 0 Å². The Balaban J connectivity index is 3.37. The minimum absolute atomic E-state index is 0.299. The Morgan fingerprint density at radius 3 is 3.62 bits per heavy atom. The van der Waals surface area contributed by atoms with E-state index < -0.39 is 24.8 Å². The largest absolute Gasteiger partial charge is 0.368 e. The standard InChI is InChI=1S/C5H7N3/c1-4-2-3-7-5(6)8-4/h2-3H,1H3,(H2,6,7,8)/i1D3,2D,3D. The van der Waals surface area contributed by atoms with Crippen LogP contribution in [-0.2, 0) is 0 Å². The van der Waals surface area contributed by atoms with Gasteiger partial charge in [0.2, 0.25) is 5.95 Å². The van der Waals surface area contributed by atoms with Crippen LogP contribution in [0.4, 0.5) is 5.95 Å². The zero-order valence-corrected chi connectivity index (χ0v) is 3.97. The Bertz CT molecular complexity index is 334. The summed E-state index contributed by atoms with van der Waals surface area (Å²) in [5.41, 5.74) is 4.67. The van der Waals surface area contributed by atoms with Crippen LogP contribution >= 0.6 is 0 Å². The Morgan fingerprint density at radius 1 is 2.00 bits per heavy atom. The molecular weight excluding hydrogens is 102 g/mol. The predicted octanol–water partition coefficient (Wildman–Crippen LogP) is 0.367. The Kier molecular flexibility index (Phi) is 0.374. The maximum Gasteiger partial charge on any atom is 0.220 e. The Labute approximate surface area is 54.6 Å². The maximum absolute atomic E-state index is 7.22. The average Bonchev–Trinajstić information content (AvgIpc) is 1.94. The van der Waals surface area contributed by atoms with E-state index in [0.29, 0.717) is 0 Å². The molecule has 3 nitrogen and oxygen atoms in total. The third-order valence-electron chi connectivity index (χ3n) is 0.571. The van der Waals surface area contributed by atoms with Gasteiger partial charge < -0.3 is 5.73 Å². The molecule has 1 rings (SSSR count). The van der Waals surface area contributed by atoms with Gasteiger partial charge in [-0.1, -0.05) is 0 Å². The van der Waals surface area contributed by atoms with Crippen molar-refractivity contribution >= 4 is 5.95 Å². The lowest BCUT2D eigenvalue weighted by molar-refractivity contribution is 1.12. The van der Waals surface area contributed by atoms with Crippen LogP contribution in [0, 0.1) is 6.85 Å². The van der Waals surface area contributed by atoms with Crippen molar-refractivity contribution in [1.29, 1.82) is 0 Å². The summed E-state index contributed by atoms with van der Waals surface area (Å²) in [6.45, 7) is -2.52. The summed E-state index contributed by atoms with van der Waals surface area (Å²) in [5.74, 6) is -0.299. The number of aryl methyl sites for hydroxylation is 1. The molecule has 0 saturated heterocycles. The molecule has 0 unspecified atom stereocenters. The highest BCUT2D eigenvalue weighted by atomic mass is 15.0. The predicted molar refractivity (Wildman–Crippen MR) is 31.2 cm³/mol. The average molecular weight is 114 g/mol. The van der Waals surface area contributed by atoms with Crippen LogP contribution in [0.1, 0.15) is 12.5 Å². The van der Waals surface area contributed by atoms with Crippen LogP contribution in [0.25, 0.3) is 0 Å². The summed E-state index contributed by atoms with van der Waals surface area (Å²) >= 11 is 0. The molecule has 0 atom stereocenters. The van der Waals surface area contributed by atoms with E-state index in [9.17, 15) is 0 Å². The number of nitrogen functional groups attached to an aromatic ring is 1. The molecule has 2 N–H and O–H groups in total. The van der Waals surface area contributed by atoms with Gasteiger partial charge in [-0.2, -0.15) is 0 Å². The zero-order chi connectivity index (χ0) is 10.2. The van der Waals surface area contributed by atoms with Gasteiger partial charge in [-0.15, -0.1) is 0 Å². The summed E-state index contributed by atoms with van der Waals surface area (Å²) in [7, 11) is 0. The van der Waals surface area contributed by atoms with Gasteiger partial charge >= 0.3 is 0 Å². The van der Waals surface area contributed by atoms with Crippen LogP contribution in [0.5, 0.6) is 0 Å². The summed E-state index contributed by atoms with van der Waals surface area (Å²) in [5, 5.41) is 0. The molecule has 1 aromatic heterocycles. The molecule has 0 aromatic carbocycles. The topological polar surface area (TPSA) is 51.8 Å². The van der Waals surface area contributed by atoms with Crippen molar-refractivity contribution in [2.24, 2.45) is 0 Å². The first-order chi connectivity index (χ1) is 5.82. The van der Waals surface area contributed by atoms with Gasteiger partial charge in [0, 0.05) is 16.0 Å². The molecule has 0 amide bonds. The number of anilines is 1. The minimum Gasteiger partial charge on any atom is -0.368 e. The second-order valence-corrected chi connectivity index (χ2v) is 1.17. The molecule has 0 aliphatic carbocycles. The van der Waals surface area contributed by atoms with E-state index in [1.54, 1.807) is 0 Å². The fraction of sp³-hybridized carbons (Fsp3) is 0.200. The smallest absolute Gasteiger partial charge is 0.220 e. The van der Waals surface area contributed by atoms with Crippen molar-refractivity contribution in [2.45, 2.75) is 6.85 Å². The van der Waals surface area contributed by atoms with Gasteiger partial charge in [-0.3, -0.25) is 0 Å². The normalized spacial score (nSPS) is 19.8. The molecule has 0 spiro atoms. The summed E-state index contributed by atoms with van der Waals surface area (Å²) in [4.78, 5) is 6.74. The van der Waals surface area contributed by atoms with E-state index in [2.05, 4.69) is 9.97 Å². The van der Waals surface area contributed by atoms with E-state index in [4.69, 9.17) is 12.6 Å². The minimum atomic E-state index is -2.52. The highest BCUT2D eigenvalue weighted by Gasteiger charge is 1.84. The number of nitrogens with two attached hydrogens (primary N) is 1. The van der Waals surface area contributed by atoms with E-state index >= 15 is 0 Å². The lowest BCUT2D eigenvalue weighted by Crippen LogP contribution is -1.93. The van der Waals surface area contributed by atoms with Crippen molar-refractivity contribution < 1.29 is 6.85 Å². The first-order valence-corrected chi connectivity index (χ1v) is 1.93. The van der Waals surface area contributed by atoms with E-state index in [1.807, 2.05) is 0 Å². The number of hydrogen-bond donors (Lipinski definition) is 1. The molecule has 42 valence electrons. The monoisotopic (exact) mass is 114 g/mol. The number of rotatable bonds is 0. The molecule has 3 heteroatoms. The number of aromatic nitrogens is 2. The van der Waals surface area contributed by atoms with Crippen molar-refractivity contribution in [3.63, 3.8) is 0 Å². The van der Waals surface area contributed by atoms with E-state index in [1.165, 1.54) is 0 Å². The fourth-order valence-corrected chi connectivity index (χ4v) is 0.306. The molecule has 0 radical (unpaired) electrons. The Morgan fingerprint density at radius 2 is 2.88 bits per heavy atom. The molecule has 0 fully saturated rings. The third-order valence-corrected chi connectivity index (χ3v) is 0.571. The zero-order valence-electron chi connectivity index (χ0n) is 8.97. The second-order valence-electron chi connectivity index (χ2n) is 1.17. The van der Waals surface area contributed by atoms with Gasteiger partial charge in [-0.05, 0) is 12.9 Å². The fourth-order valence-electron chi connectivity index (χ4n) is 0.306. The maximum atomic E-state index is 7.22. The molecule has 1 aromatic rings. The first kappa shape index (κ1) is 1.69.